The molecular weight excluding hydrogens is 658 g/mol. The molecule has 3 aromatic rings. The number of nitro groups is 9. The van der Waals surface area contributed by atoms with E-state index >= 15 is 0 Å². The summed E-state index contributed by atoms with van der Waals surface area (Å²) in [6.07, 6.45) is 0. The van der Waals surface area contributed by atoms with Gasteiger partial charge < -0.3 is 10.6 Å². The van der Waals surface area contributed by atoms with E-state index in [0.29, 0.717) is 0 Å². The van der Waals surface area contributed by atoms with Crippen molar-refractivity contribution in [3.63, 3.8) is 0 Å². The molecule has 0 spiro atoms. The molecule has 242 valence electrons. The maximum Gasteiger partial charge on any atom is 0.330 e. The van der Waals surface area contributed by atoms with E-state index in [1.165, 1.54) is 0 Å². The largest absolute Gasteiger partial charge is 0.333 e. The second kappa shape index (κ2) is 12.2. The molecule has 0 aliphatic heterocycles. The van der Waals surface area contributed by atoms with E-state index < -0.39 is 118 Å². The van der Waals surface area contributed by atoms with E-state index in [4.69, 9.17) is 0 Å². The molecule has 0 aliphatic rings. The number of nitro benzene ring substituents is 9. The third-order valence-electron chi connectivity index (χ3n) is 5.71. The van der Waals surface area contributed by atoms with Crippen LogP contribution in [-0.2, 0) is 0 Å². The highest BCUT2D eigenvalue weighted by Crippen LogP contribution is 2.52. The van der Waals surface area contributed by atoms with Crippen molar-refractivity contribution in [3.05, 3.63) is 121 Å². The van der Waals surface area contributed by atoms with Crippen LogP contribution < -0.4 is 10.6 Å². The second-order valence-electron chi connectivity index (χ2n) is 8.30. The Labute approximate surface area is 251 Å². The lowest BCUT2D eigenvalue weighted by Gasteiger charge is -2.13. The van der Waals surface area contributed by atoms with Crippen molar-refractivity contribution in [1.29, 1.82) is 0 Å². The smallest absolute Gasteiger partial charge is 0.330 e. The lowest BCUT2D eigenvalue weighted by molar-refractivity contribution is -0.402. The highest BCUT2D eigenvalue weighted by atomic mass is 16.7. The van der Waals surface area contributed by atoms with Gasteiger partial charge in [0.05, 0.1) is 74.6 Å². The lowest BCUT2D eigenvalue weighted by Crippen LogP contribution is -2.11. The van der Waals surface area contributed by atoms with Crippen LogP contribution in [0.15, 0.2) is 30.3 Å². The highest BCUT2D eigenvalue weighted by molar-refractivity contribution is 5.98. The summed E-state index contributed by atoms with van der Waals surface area (Å²) in [5.41, 5.74) is -20.3. The molecule has 3 aromatic carbocycles. The van der Waals surface area contributed by atoms with Crippen molar-refractivity contribution < 1.29 is 44.3 Å². The first-order chi connectivity index (χ1) is 21.8. The van der Waals surface area contributed by atoms with Gasteiger partial charge in [-0.1, -0.05) is 0 Å². The van der Waals surface area contributed by atoms with Gasteiger partial charge in [0.15, 0.2) is 22.7 Å². The van der Waals surface area contributed by atoms with Gasteiger partial charge in [-0.05, 0) is 0 Å². The minimum atomic E-state index is -1.92. The fourth-order valence-corrected chi connectivity index (χ4v) is 3.85. The minimum absolute atomic E-state index is 0.0796. The average molecular weight is 665 g/mol. The van der Waals surface area contributed by atoms with Crippen molar-refractivity contribution in [1.82, 2.24) is 0 Å². The quantitative estimate of drug-likeness (QED) is 0.189. The van der Waals surface area contributed by atoms with Crippen LogP contribution >= 0.6 is 0 Å². The summed E-state index contributed by atoms with van der Waals surface area (Å²) in [4.78, 5) is 92.0. The van der Waals surface area contributed by atoms with Crippen LogP contribution in [0.1, 0.15) is 0 Å². The van der Waals surface area contributed by atoms with Crippen molar-refractivity contribution in [2.75, 3.05) is 10.6 Å². The normalized spacial score (nSPS) is 10.4. The predicted octanol–water partition coefficient (Wildman–Crippen LogP) is 4.35. The molecule has 2 N–H and O–H groups in total. The molecule has 0 saturated carbocycles. The summed E-state index contributed by atoms with van der Waals surface area (Å²) in [6, 6.07) is 0.369. The molecule has 0 saturated heterocycles. The standard InChI is InChI=1S/C18H7N11O18/c30-21(31)6-1-8(23(34)35)14(9(2-6)24(36)37)19-16-12(27(42)43)5-13(28(44)45)17(18(16)29(46)47)20-15-10(25(38)39)3-7(22(32)33)4-11(15)26(40)41/h1-5,19-20H. The first-order valence-corrected chi connectivity index (χ1v) is 11.2. The molecule has 0 atom stereocenters. The molecule has 47 heavy (non-hydrogen) atoms. The molecule has 0 heterocycles. The fourth-order valence-electron chi connectivity index (χ4n) is 3.85. The Morgan fingerprint density at radius 2 is 0.553 bits per heavy atom. The number of anilines is 4. The number of non-ortho nitro benzene ring substituents is 2. The molecule has 3 rings (SSSR count). The molecule has 29 heteroatoms. The van der Waals surface area contributed by atoms with Gasteiger partial charge in [-0.25, -0.2) is 0 Å². The summed E-state index contributed by atoms with van der Waals surface area (Å²) < 4.78 is 0. The molecule has 0 radical (unpaired) electrons. The SMILES string of the molecule is O=[N+]([O-])c1cc([N+](=O)[O-])c(Nc2c([N+](=O)[O-])cc([N+](=O)[O-])c(Nc3c([N+](=O)[O-])cc([N+](=O)[O-])cc3[N+](=O)[O-])c2[N+](=O)[O-])c([N+](=O)[O-])c1. The predicted molar refractivity (Wildman–Crippen MR) is 146 cm³/mol. The zero-order valence-corrected chi connectivity index (χ0v) is 21.8. The Hall–Kier alpha value is -8.14. The molecule has 0 aliphatic carbocycles. The van der Waals surface area contributed by atoms with E-state index in [9.17, 15) is 91.0 Å². The van der Waals surface area contributed by atoms with Gasteiger partial charge in [0.25, 0.3) is 11.4 Å². The number of nitrogens with zero attached hydrogens (tertiary/aromatic N) is 9. The number of nitrogens with one attached hydrogen (secondary N) is 2. The lowest BCUT2D eigenvalue weighted by atomic mass is 10.1. The molecule has 0 aromatic heterocycles. The Morgan fingerprint density at radius 3 is 0.745 bits per heavy atom. The number of benzene rings is 3. The monoisotopic (exact) mass is 665 g/mol. The van der Waals surface area contributed by atoms with E-state index in [2.05, 4.69) is 0 Å². The third-order valence-corrected chi connectivity index (χ3v) is 5.71. The summed E-state index contributed by atoms with van der Waals surface area (Å²) in [7, 11) is 0. The van der Waals surface area contributed by atoms with Crippen LogP contribution in [0.2, 0.25) is 0 Å². The Morgan fingerprint density at radius 1 is 0.319 bits per heavy atom. The molecule has 0 fully saturated rings. The van der Waals surface area contributed by atoms with E-state index in [0.717, 1.165) is 0 Å². The average Bonchev–Trinajstić information content (AvgIpc) is 2.95. The number of rotatable bonds is 13. The summed E-state index contributed by atoms with van der Waals surface area (Å²) in [6.45, 7) is 0. The van der Waals surface area contributed by atoms with E-state index in [1.807, 2.05) is 0 Å². The van der Waals surface area contributed by atoms with Gasteiger partial charge in [0.1, 0.15) is 0 Å². The summed E-state index contributed by atoms with van der Waals surface area (Å²) in [5, 5.41) is 109. The van der Waals surface area contributed by atoms with Gasteiger partial charge >= 0.3 is 39.8 Å². The van der Waals surface area contributed by atoms with Crippen molar-refractivity contribution in [2.24, 2.45) is 0 Å². The molecule has 0 amide bonds. The van der Waals surface area contributed by atoms with E-state index in [-0.39, 0.29) is 30.3 Å². The summed E-state index contributed by atoms with van der Waals surface area (Å²) >= 11 is 0. The zero-order valence-electron chi connectivity index (χ0n) is 21.8. The Kier molecular flexibility index (Phi) is 8.68. The zero-order chi connectivity index (χ0) is 35.7. The van der Waals surface area contributed by atoms with E-state index in [1.54, 1.807) is 10.6 Å². The second-order valence-corrected chi connectivity index (χ2v) is 8.30. The maximum absolute atomic E-state index is 12.3. The molecule has 0 unspecified atom stereocenters. The maximum atomic E-state index is 12.3. The molecular formula is C18H7N11O18. The number of hydrogen-bond donors (Lipinski definition) is 2. The Balaban J connectivity index is 2.57. The van der Waals surface area contributed by atoms with Gasteiger partial charge in [-0.3, -0.25) is 91.0 Å². The van der Waals surface area contributed by atoms with Crippen LogP contribution in [0.4, 0.5) is 73.9 Å². The number of hydrogen-bond acceptors (Lipinski definition) is 20. The Bertz CT molecular complexity index is 1810. The first-order valence-electron chi connectivity index (χ1n) is 11.2. The van der Waals surface area contributed by atoms with Crippen LogP contribution in [0.5, 0.6) is 0 Å². The fraction of sp³-hybridized carbons (Fsp3) is 0. The molecule has 29 nitrogen and oxygen atoms in total. The van der Waals surface area contributed by atoms with Crippen molar-refractivity contribution in [3.8, 4) is 0 Å². The summed E-state index contributed by atoms with van der Waals surface area (Å²) in [5.74, 6) is 0. The van der Waals surface area contributed by atoms with Gasteiger partial charge in [-0.15, -0.1) is 0 Å². The van der Waals surface area contributed by atoms with Crippen LogP contribution in [0.25, 0.3) is 0 Å². The molecule has 0 bridgehead atoms. The van der Waals surface area contributed by atoms with Crippen LogP contribution in [0.3, 0.4) is 0 Å². The third kappa shape index (κ3) is 6.31. The van der Waals surface area contributed by atoms with Gasteiger partial charge in [0.2, 0.25) is 0 Å². The topological polar surface area (TPSA) is 412 Å². The van der Waals surface area contributed by atoms with Crippen molar-refractivity contribution >= 4 is 73.9 Å². The highest BCUT2D eigenvalue weighted by Gasteiger charge is 2.42. The van der Waals surface area contributed by atoms with Crippen molar-refractivity contribution in [2.45, 2.75) is 0 Å². The van der Waals surface area contributed by atoms with Gasteiger partial charge in [0, 0.05) is 0 Å². The van der Waals surface area contributed by atoms with Crippen LogP contribution in [0, 0.1) is 91.0 Å². The minimum Gasteiger partial charge on any atom is -0.333 e. The van der Waals surface area contributed by atoms with Gasteiger partial charge in [-0.2, -0.15) is 0 Å². The van der Waals surface area contributed by atoms with Crippen LogP contribution in [-0.4, -0.2) is 44.3 Å². The first kappa shape index (κ1) is 33.4.